The van der Waals surface area contributed by atoms with Crippen molar-refractivity contribution in [1.29, 1.82) is 0 Å². The molecular formula is C28H31BrO3Se. The Bertz CT molecular complexity index is 1020. The minimum absolute atomic E-state index is 0.133. The summed E-state index contributed by atoms with van der Waals surface area (Å²) in [4.78, 5) is 0. The second-order valence-electron chi connectivity index (χ2n) is 8.42. The number of methoxy groups -OCH3 is 3. The van der Waals surface area contributed by atoms with E-state index in [0.29, 0.717) is 15.0 Å². The SMILES string of the molecule is COc1cc(OC)c(C(CC2(c3ccccc3)CCCC[Se]2)c2ccc(Br)cc2)c(OC)c1. The van der Waals surface area contributed by atoms with Gasteiger partial charge in [-0.3, -0.25) is 0 Å². The van der Waals surface area contributed by atoms with Crippen LogP contribution in [0.5, 0.6) is 17.2 Å². The maximum absolute atomic E-state index is 5.92. The molecule has 3 nitrogen and oxygen atoms in total. The van der Waals surface area contributed by atoms with Gasteiger partial charge in [0.15, 0.2) is 0 Å². The first kappa shape index (κ1) is 24.2. The number of halogens is 1. The Hall–Kier alpha value is -1.94. The maximum atomic E-state index is 5.92. The Morgan fingerprint density at radius 3 is 2.09 bits per heavy atom. The first-order chi connectivity index (χ1) is 16.1. The van der Waals surface area contributed by atoms with Crippen LogP contribution in [0.2, 0.25) is 5.32 Å². The fraction of sp³-hybridized carbons (Fsp3) is 0.357. The Balaban J connectivity index is 1.89. The van der Waals surface area contributed by atoms with Crippen molar-refractivity contribution in [3.05, 3.63) is 87.9 Å². The van der Waals surface area contributed by atoms with E-state index in [-0.39, 0.29) is 10.2 Å². The number of hydrogen-bond donors (Lipinski definition) is 0. The van der Waals surface area contributed by atoms with Gasteiger partial charge >= 0.3 is 213 Å². The van der Waals surface area contributed by atoms with Crippen molar-refractivity contribution >= 4 is 30.9 Å². The van der Waals surface area contributed by atoms with Crippen LogP contribution < -0.4 is 14.2 Å². The third-order valence-corrected chi connectivity index (χ3v) is 10.6. The molecule has 0 amide bonds. The molecule has 3 aromatic rings. The van der Waals surface area contributed by atoms with Crippen LogP contribution in [0.4, 0.5) is 0 Å². The van der Waals surface area contributed by atoms with Gasteiger partial charge in [-0.15, -0.1) is 0 Å². The van der Waals surface area contributed by atoms with Gasteiger partial charge in [0.2, 0.25) is 0 Å². The van der Waals surface area contributed by atoms with Crippen molar-refractivity contribution in [1.82, 2.24) is 0 Å². The molecule has 1 heterocycles. The van der Waals surface area contributed by atoms with Gasteiger partial charge in [-0.25, -0.2) is 0 Å². The molecule has 0 aromatic heterocycles. The zero-order chi connectivity index (χ0) is 23.3. The van der Waals surface area contributed by atoms with Gasteiger partial charge in [-0.1, -0.05) is 0 Å². The van der Waals surface area contributed by atoms with Crippen LogP contribution in [-0.4, -0.2) is 36.3 Å². The molecule has 1 aliphatic rings. The van der Waals surface area contributed by atoms with E-state index in [0.717, 1.165) is 33.7 Å². The van der Waals surface area contributed by atoms with Crippen molar-refractivity contribution in [2.75, 3.05) is 21.3 Å². The summed E-state index contributed by atoms with van der Waals surface area (Å²) in [6.45, 7) is 0. The van der Waals surface area contributed by atoms with Crippen LogP contribution in [0.25, 0.3) is 0 Å². The van der Waals surface area contributed by atoms with Gasteiger partial charge < -0.3 is 0 Å². The molecule has 3 aromatic carbocycles. The van der Waals surface area contributed by atoms with E-state index < -0.39 is 0 Å². The molecule has 4 rings (SSSR count). The third-order valence-electron chi connectivity index (χ3n) is 6.56. The molecule has 0 saturated carbocycles. The molecule has 2 unspecified atom stereocenters. The van der Waals surface area contributed by atoms with Crippen LogP contribution in [0, 0.1) is 0 Å². The first-order valence-electron chi connectivity index (χ1n) is 11.3. The van der Waals surface area contributed by atoms with Gasteiger partial charge in [0.25, 0.3) is 0 Å². The van der Waals surface area contributed by atoms with Crippen molar-refractivity contribution in [3.63, 3.8) is 0 Å². The van der Waals surface area contributed by atoms with Gasteiger partial charge in [-0.05, 0) is 0 Å². The number of benzene rings is 3. The average molecular weight is 574 g/mol. The summed E-state index contributed by atoms with van der Waals surface area (Å²) in [7, 11) is 5.14. The van der Waals surface area contributed by atoms with Crippen LogP contribution >= 0.6 is 15.9 Å². The van der Waals surface area contributed by atoms with Gasteiger partial charge in [-0.2, -0.15) is 0 Å². The van der Waals surface area contributed by atoms with Crippen LogP contribution in [0.3, 0.4) is 0 Å². The molecule has 5 heteroatoms. The molecule has 0 aliphatic carbocycles. The van der Waals surface area contributed by atoms with Crippen molar-refractivity contribution in [2.45, 2.75) is 41.2 Å². The van der Waals surface area contributed by atoms with Crippen LogP contribution in [0.15, 0.2) is 71.2 Å². The van der Waals surface area contributed by atoms with Crippen molar-refractivity contribution in [2.24, 2.45) is 0 Å². The van der Waals surface area contributed by atoms with E-state index in [9.17, 15) is 0 Å². The number of ether oxygens (including phenoxy) is 3. The summed E-state index contributed by atoms with van der Waals surface area (Å²) >= 11 is 4.13. The van der Waals surface area contributed by atoms with Crippen LogP contribution in [-0.2, 0) is 4.31 Å². The predicted molar refractivity (Wildman–Crippen MR) is 139 cm³/mol. The Kier molecular flexibility index (Phi) is 8.06. The van der Waals surface area contributed by atoms with Gasteiger partial charge in [0.1, 0.15) is 0 Å². The van der Waals surface area contributed by atoms with Gasteiger partial charge in [0.05, 0.1) is 0 Å². The summed E-state index contributed by atoms with van der Waals surface area (Å²) < 4.78 is 18.6. The summed E-state index contributed by atoms with van der Waals surface area (Å²) in [5.41, 5.74) is 3.84. The summed E-state index contributed by atoms with van der Waals surface area (Å²) in [5, 5.41) is 1.33. The Morgan fingerprint density at radius 1 is 0.879 bits per heavy atom. The molecule has 1 aliphatic heterocycles. The molecule has 0 bridgehead atoms. The van der Waals surface area contributed by atoms with E-state index in [1.807, 2.05) is 12.1 Å². The summed E-state index contributed by atoms with van der Waals surface area (Å²) in [6, 6.07) is 23.8. The predicted octanol–water partition coefficient (Wildman–Crippen LogP) is 7.20. The number of hydrogen-bond acceptors (Lipinski definition) is 3. The zero-order valence-electron chi connectivity index (χ0n) is 19.5. The average Bonchev–Trinajstić information content (AvgIpc) is 2.88. The Labute approximate surface area is 212 Å². The topological polar surface area (TPSA) is 27.7 Å². The molecule has 2 atom stereocenters. The fourth-order valence-corrected chi connectivity index (χ4v) is 8.54. The summed E-state index contributed by atoms with van der Waals surface area (Å²) in [6.07, 6.45) is 4.87. The molecule has 1 fully saturated rings. The van der Waals surface area contributed by atoms with E-state index >= 15 is 0 Å². The van der Waals surface area contributed by atoms with E-state index in [2.05, 4.69) is 70.5 Å². The van der Waals surface area contributed by atoms with Crippen molar-refractivity contribution < 1.29 is 14.2 Å². The molecule has 1 saturated heterocycles. The minimum atomic E-state index is 0.133. The second kappa shape index (κ2) is 11.0. The standard InChI is InChI=1S/C28H31BrO3Se/c1-30-23-17-25(31-2)27(26(18-23)32-3)24(20-11-13-22(29)14-12-20)19-28(15-7-8-16-33-28)21-9-5-4-6-10-21/h4-6,9-14,17-18,24H,7-8,15-16,19H2,1-3H3. The molecular weight excluding hydrogens is 543 g/mol. The first-order valence-corrected chi connectivity index (χ1v) is 14.2. The zero-order valence-corrected chi connectivity index (χ0v) is 22.8. The van der Waals surface area contributed by atoms with E-state index in [4.69, 9.17) is 14.2 Å². The van der Waals surface area contributed by atoms with Crippen LogP contribution in [0.1, 0.15) is 48.3 Å². The monoisotopic (exact) mass is 574 g/mol. The van der Waals surface area contributed by atoms with Gasteiger partial charge in [0, 0.05) is 0 Å². The number of rotatable bonds is 8. The molecule has 0 N–H and O–H groups in total. The molecule has 0 spiro atoms. The second-order valence-corrected chi connectivity index (χ2v) is 12.4. The molecule has 174 valence electrons. The quantitative estimate of drug-likeness (QED) is 0.267. The van der Waals surface area contributed by atoms with Crippen molar-refractivity contribution in [3.8, 4) is 17.2 Å². The van der Waals surface area contributed by atoms with E-state index in [1.54, 1.807) is 21.3 Å². The molecule has 0 radical (unpaired) electrons. The Morgan fingerprint density at radius 2 is 1.55 bits per heavy atom. The normalized spacial score (nSPS) is 19.0. The summed E-state index contributed by atoms with van der Waals surface area (Å²) in [5.74, 6) is 2.49. The fourth-order valence-electron chi connectivity index (χ4n) is 4.89. The third kappa shape index (κ3) is 5.26. The van der Waals surface area contributed by atoms with E-state index in [1.165, 1.54) is 35.7 Å². The molecule has 33 heavy (non-hydrogen) atoms.